The number of hydrogen-bond donors (Lipinski definition) is 1. The SMILES string of the molecule is CN1C(=O)CC[C@@H](C(=O)Nc2cccc3ccccc23)[C@H]1c1ccccc1. The van der Waals surface area contributed by atoms with Crippen molar-refractivity contribution in [1.29, 1.82) is 0 Å². The lowest BCUT2D eigenvalue weighted by molar-refractivity contribution is -0.140. The zero-order valence-corrected chi connectivity index (χ0v) is 15.3. The van der Waals surface area contributed by atoms with E-state index in [9.17, 15) is 9.59 Å². The van der Waals surface area contributed by atoms with Gasteiger partial charge in [-0.25, -0.2) is 0 Å². The van der Waals surface area contributed by atoms with Crippen LogP contribution >= 0.6 is 0 Å². The smallest absolute Gasteiger partial charge is 0.229 e. The lowest BCUT2D eigenvalue weighted by Gasteiger charge is -2.38. The largest absolute Gasteiger partial charge is 0.338 e. The van der Waals surface area contributed by atoms with Gasteiger partial charge >= 0.3 is 0 Å². The van der Waals surface area contributed by atoms with Gasteiger partial charge < -0.3 is 10.2 Å². The van der Waals surface area contributed by atoms with E-state index < -0.39 is 0 Å². The molecule has 0 bridgehead atoms. The first-order chi connectivity index (χ1) is 13.1. The molecule has 0 unspecified atom stereocenters. The van der Waals surface area contributed by atoms with Crippen molar-refractivity contribution in [2.24, 2.45) is 5.92 Å². The lowest BCUT2D eigenvalue weighted by Crippen LogP contribution is -2.44. The molecule has 2 atom stereocenters. The molecule has 0 aromatic heterocycles. The molecule has 3 aromatic carbocycles. The average Bonchev–Trinajstić information content (AvgIpc) is 2.71. The molecule has 1 fully saturated rings. The summed E-state index contributed by atoms with van der Waals surface area (Å²) in [6, 6.07) is 23.5. The maximum atomic E-state index is 13.2. The van der Waals surface area contributed by atoms with E-state index >= 15 is 0 Å². The fourth-order valence-electron chi connectivity index (χ4n) is 3.98. The molecule has 4 rings (SSSR count). The van der Waals surface area contributed by atoms with Crippen LogP contribution in [0.1, 0.15) is 24.4 Å². The fraction of sp³-hybridized carbons (Fsp3) is 0.217. The Hall–Kier alpha value is -3.14. The Balaban J connectivity index is 1.66. The molecule has 1 heterocycles. The van der Waals surface area contributed by atoms with Crippen LogP contribution in [-0.4, -0.2) is 23.8 Å². The lowest BCUT2D eigenvalue weighted by atomic mass is 9.84. The predicted octanol–water partition coefficient (Wildman–Crippen LogP) is 4.39. The van der Waals surface area contributed by atoms with Crippen LogP contribution in [-0.2, 0) is 9.59 Å². The van der Waals surface area contributed by atoms with E-state index in [1.54, 1.807) is 11.9 Å². The molecule has 1 saturated heterocycles. The van der Waals surface area contributed by atoms with Gasteiger partial charge in [0.2, 0.25) is 11.8 Å². The van der Waals surface area contributed by atoms with E-state index in [1.165, 1.54) is 0 Å². The van der Waals surface area contributed by atoms with Gasteiger partial charge in [-0.3, -0.25) is 9.59 Å². The molecule has 4 nitrogen and oxygen atoms in total. The van der Waals surface area contributed by atoms with Gasteiger partial charge in [0.05, 0.1) is 12.0 Å². The Morgan fingerprint density at radius 2 is 1.67 bits per heavy atom. The molecule has 0 aliphatic carbocycles. The zero-order valence-electron chi connectivity index (χ0n) is 15.3. The molecule has 27 heavy (non-hydrogen) atoms. The molecule has 1 aliphatic rings. The van der Waals surface area contributed by atoms with Crippen molar-refractivity contribution in [3.63, 3.8) is 0 Å². The number of hydrogen-bond acceptors (Lipinski definition) is 2. The molecule has 2 amide bonds. The van der Waals surface area contributed by atoms with Gasteiger partial charge in [0, 0.05) is 24.5 Å². The van der Waals surface area contributed by atoms with Crippen molar-refractivity contribution < 1.29 is 9.59 Å². The summed E-state index contributed by atoms with van der Waals surface area (Å²) in [6.45, 7) is 0. The van der Waals surface area contributed by atoms with E-state index in [2.05, 4.69) is 5.32 Å². The van der Waals surface area contributed by atoms with Crippen LogP contribution in [0.5, 0.6) is 0 Å². The van der Waals surface area contributed by atoms with Gasteiger partial charge in [0.15, 0.2) is 0 Å². The Labute approximate surface area is 158 Å². The molecule has 1 N–H and O–H groups in total. The maximum Gasteiger partial charge on any atom is 0.229 e. The molecule has 4 heteroatoms. The highest BCUT2D eigenvalue weighted by Gasteiger charge is 2.38. The van der Waals surface area contributed by atoms with Crippen LogP contribution in [0.2, 0.25) is 0 Å². The number of likely N-dealkylation sites (tertiary alicyclic amines) is 1. The Morgan fingerprint density at radius 1 is 0.963 bits per heavy atom. The van der Waals surface area contributed by atoms with Crippen LogP contribution < -0.4 is 5.32 Å². The van der Waals surface area contributed by atoms with Gasteiger partial charge in [0.25, 0.3) is 0 Å². The van der Waals surface area contributed by atoms with Gasteiger partial charge in [-0.2, -0.15) is 0 Å². The van der Waals surface area contributed by atoms with Gasteiger partial charge in [-0.05, 0) is 23.4 Å². The van der Waals surface area contributed by atoms with E-state index in [0.717, 1.165) is 22.0 Å². The minimum Gasteiger partial charge on any atom is -0.338 e. The summed E-state index contributed by atoms with van der Waals surface area (Å²) >= 11 is 0. The molecule has 3 aromatic rings. The van der Waals surface area contributed by atoms with Crippen LogP contribution in [0.25, 0.3) is 10.8 Å². The van der Waals surface area contributed by atoms with Crippen LogP contribution in [0.3, 0.4) is 0 Å². The maximum absolute atomic E-state index is 13.2. The van der Waals surface area contributed by atoms with Gasteiger partial charge in [-0.1, -0.05) is 66.7 Å². The summed E-state index contributed by atoms with van der Waals surface area (Å²) in [5, 5.41) is 5.22. The van der Waals surface area contributed by atoms with Crippen molar-refractivity contribution in [2.45, 2.75) is 18.9 Å². The van der Waals surface area contributed by atoms with Crippen molar-refractivity contribution in [2.75, 3.05) is 12.4 Å². The number of anilines is 1. The standard InChI is InChI=1S/C23H22N2O2/c1-25-21(26)15-14-19(22(25)17-9-3-2-4-10-17)23(27)24-20-13-7-11-16-8-5-6-12-18(16)20/h2-13,19,22H,14-15H2,1H3,(H,24,27)/t19-,22-/m1/s1. The monoisotopic (exact) mass is 358 g/mol. The summed E-state index contributed by atoms with van der Waals surface area (Å²) in [6.07, 6.45) is 0.951. The Kier molecular flexibility index (Phi) is 4.63. The number of benzene rings is 3. The topological polar surface area (TPSA) is 49.4 Å². The third-order valence-electron chi connectivity index (χ3n) is 5.39. The second-order valence-corrected chi connectivity index (χ2v) is 7.02. The van der Waals surface area contributed by atoms with E-state index in [-0.39, 0.29) is 23.8 Å². The van der Waals surface area contributed by atoms with E-state index in [1.807, 2.05) is 72.8 Å². The zero-order chi connectivity index (χ0) is 18.8. The first kappa shape index (κ1) is 17.3. The fourth-order valence-corrected chi connectivity index (χ4v) is 3.98. The molecule has 0 saturated carbocycles. The highest BCUT2D eigenvalue weighted by Crippen LogP contribution is 2.36. The molecule has 1 aliphatic heterocycles. The summed E-state index contributed by atoms with van der Waals surface area (Å²) in [5.74, 6) is -0.244. The molecular formula is C23H22N2O2. The highest BCUT2D eigenvalue weighted by molar-refractivity contribution is 6.03. The molecule has 0 radical (unpaired) electrons. The van der Waals surface area contributed by atoms with Crippen molar-refractivity contribution >= 4 is 28.3 Å². The van der Waals surface area contributed by atoms with Gasteiger partial charge in [-0.15, -0.1) is 0 Å². The average molecular weight is 358 g/mol. The van der Waals surface area contributed by atoms with E-state index in [0.29, 0.717) is 12.8 Å². The van der Waals surface area contributed by atoms with Crippen LogP contribution in [0.15, 0.2) is 72.8 Å². The first-order valence-corrected chi connectivity index (χ1v) is 9.24. The van der Waals surface area contributed by atoms with Crippen LogP contribution in [0, 0.1) is 5.92 Å². The summed E-state index contributed by atoms with van der Waals surface area (Å²) in [4.78, 5) is 27.2. The summed E-state index contributed by atoms with van der Waals surface area (Å²) in [7, 11) is 1.79. The number of fused-ring (bicyclic) bond motifs is 1. The quantitative estimate of drug-likeness (QED) is 0.755. The third-order valence-corrected chi connectivity index (χ3v) is 5.39. The Bertz CT molecular complexity index is 979. The summed E-state index contributed by atoms with van der Waals surface area (Å²) < 4.78 is 0. The highest BCUT2D eigenvalue weighted by atomic mass is 16.2. The number of rotatable bonds is 3. The van der Waals surface area contributed by atoms with Crippen molar-refractivity contribution in [3.05, 3.63) is 78.4 Å². The normalized spacial score (nSPS) is 19.9. The minimum absolute atomic E-state index is 0.0421. The number of carbonyl (C=O) groups excluding carboxylic acids is 2. The third kappa shape index (κ3) is 3.31. The molecule has 136 valence electrons. The number of nitrogens with zero attached hydrogens (tertiary/aromatic N) is 1. The Morgan fingerprint density at radius 3 is 2.48 bits per heavy atom. The summed E-state index contributed by atoms with van der Waals surface area (Å²) in [5.41, 5.74) is 1.80. The first-order valence-electron chi connectivity index (χ1n) is 9.24. The molecule has 0 spiro atoms. The number of piperidine rings is 1. The van der Waals surface area contributed by atoms with Crippen molar-refractivity contribution in [3.8, 4) is 0 Å². The van der Waals surface area contributed by atoms with Crippen molar-refractivity contribution in [1.82, 2.24) is 4.90 Å². The second kappa shape index (κ2) is 7.23. The number of amides is 2. The molecular weight excluding hydrogens is 336 g/mol. The number of carbonyl (C=O) groups is 2. The van der Waals surface area contributed by atoms with Gasteiger partial charge in [0.1, 0.15) is 0 Å². The predicted molar refractivity (Wildman–Crippen MR) is 107 cm³/mol. The van der Waals surface area contributed by atoms with Crippen LogP contribution in [0.4, 0.5) is 5.69 Å². The minimum atomic E-state index is -0.283. The second-order valence-electron chi connectivity index (χ2n) is 7.02. The number of nitrogens with one attached hydrogen (secondary N) is 1. The van der Waals surface area contributed by atoms with E-state index in [4.69, 9.17) is 0 Å².